The van der Waals surface area contributed by atoms with Gasteiger partial charge in [-0.15, -0.1) is 0 Å². The number of hydrogen-bond acceptors (Lipinski definition) is 2. The van der Waals surface area contributed by atoms with Gasteiger partial charge in [0.1, 0.15) is 0 Å². The fraction of sp³-hybridized carbons (Fsp3) is 0.200. The van der Waals surface area contributed by atoms with E-state index in [-0.39, 0.29) is 16.9 Å². The monoisotopic (exact) mass is 449 g/mol. The Balaban J connectivity index is 1.58. The van der Waals surface area contributed by atoms with Crippen LogP contribution in [-0.2, 0) is 5.41 Å². The number of carbonyl (C=O) groups excluding carboxylic acids is 1. The molecule has 0 saturated heterocycles. The first kappa shape index (κ1) is 21.9. The van der Waals surface area contributed by atoms with Crippen molar-refractivity contribution in [2.75, 3.05) is 5.32 Å². The van der Waals surface area contributed by atoms with Gasteiger partial charge in [-0.3, -0.25) is 4.79 Å². The standard InChI is InChI=1S/C30H27NO3/c1-30(2)25-11-7-6-10-23(25)27(19-8-4-3-5-9-19)24-18-21(14-17-26(24)30)28(32)31-22-15-12-20(13-16-22)29(33)34/h3-9,12-18,25H,10-11H2,1-2H3,(H,31,32)(H,33,34). The molecule has 5 rings (SSSR count). The Morgan fingerprint density at radius 2 is 1.62 bits per heavy atom. The molecule has 170 valence electrons. The minimum Gasteiger partial charge on any atom is -0.478 e. The van der Waals surface area contributed by atoms with E-state index in [9.17, 15) is 9.59 Å². The van der Waals surface area contributed by atoms with Crippen LogP contribution < -0.4 is 5.32 Å². The molecule has 1 atom stereocenters. The number of aromatic carboxylic acids is 1. The van der Waals surface area contributed by atoms with Crippen molar-refractivity contribution in [3.05, 3.63) is 118 Å². The van der Waals surface area contributed by atoms with Crippen molar-refractivity contribution in [2.24, 2.45) is 5.92 Å². The van der Waals surface area contributed by atoms with Gasteiger partial charge in [-0.25, -0.2) is 4.79 Å². The summed E-state index contributed by atoms with van der Waals surface area (Å²) in [5.41, 5.74) is 7.51. The van der Waals surface area contributed by atoms with Gasteiger partial charge in [0, 0.05) is 11.3 Å². The lowest BCUT2D eigenvalue weighted by Crippen LogP contribution is -2.36. The summed E-state index contributed by atoms with van der Waals surface area (Å²) in [6, 6.07) is 22.7. The number of carboxylic acids is 1. The van der Waals surface area contributed by atoms with Crippen LogP contribution in [0.3, 0.4) is 0 Å². The average Bonchev–Trinajstić information content (AvgIpc) is 2.85. The van der Waals surface area contributed by atoms with Gasteiger partial charge in [0.05, 0.1) is 5.56 Å². The van der Waals surface area contributed by atoms with Crippen LogP contribution in [0.25, 0.3) is 5.57 Å². The van der Waals surface area contributed by atoms with Crippen LogP contribution in [0.4, 0.5) is 5.69 Å². The molecule has 34 heavy (non-hydrogen) atoms. The Kier molecular flexibility index (Phi) is 5.45. The molecule has 3 aromatic carbocycles. The molecule has 4 heteroatoms. The van der Waals surface area contributed by atoms with Crippen LogP contribution in [-0.4, -0.2) is 17.0 Å². The van der Waals surface area contributed by atoms with Crippen molar-refractivity contribution in [1.82, 2.24) is 0 Å². The SMILES string of the molecule is CC1(C)c2ccc(C(=O)Nc3ccc(C(=O)O)cc3)cc2C(c2ccccc2)=C2CC=CCC21. The Morgan fingerprint density at radius 1 is 0.912 bits per heavy atom. The highest BCUT2D eigenvalue weighted by molar-refractivity contribution is 6.05. The number of amides is 1. The summed E-state index contributed by atoms with van der Waals surface area (Å²) in [5.74, 6) is -0.785. The summed E-state index contributed by atoms with van der Waals surface area (Å²) in [6.45, 7) is 4.61. The summed E-state index contributed by atoms with van der Waals surface area (Å²) in [7, 11) is 0. The van der Waals surface area contributed by atoms with E-state index in [2.05, 4.69) is 61.6 Å². The number of carbonyl (C=O) groups is 2. The molecule has 2 aliphatic rings. The highest BCUT2D eigenvalue weighted by Gasteiger charge is 2.41. The number of anilines is 1. The van der Waals surface area contributed by atoms with Crippen LogP contribution in [0.5, 0.6) is 0 Å². The maximum absolute atomic E-state index is 13.2. The lowest BCUT2D eigenvalue weighted by atomic mass is 9.59. The van der Waals surface area contributed by atoms with E-state index in [4.69, 9.17) is 5.11 Å². The first-order chi connectivity index (χ1) is 16.4. The molecule has 0 heterocycles. The van der Waals surface area contributed by atoms with Crippen LogP contribution in [0, 0.1) is 5.92 Å². The quantitative estimate of drug-likeness (QED) is 0.436. The second kappa shape index (κ2) is 8.45. The molecular formula is C30H27NO3. The van der Waals surface area contributed by atoms with Gasteiger partial charge < -0.3 is 10.4 Å². The zero-order chi connectivity index (χ0) is 23.9. The molecular weight excluding hydrogens is 422 g/mol. The molecule has 0 radical (unpaired) electrons. The van der Waals surface area contributed by atoms with Gasteiger partial charge in [0.15, 0.2) is 0 Å². The van der Waals surface area contributed by atoms with Crippen molar-refractivity contribution >= 4 is 23.1 Å². The fourth-order valence-electron chi connectivity index (χ4n) is 5.39. The smallest absolute Gasteiger partial charge is 0.335 e. The van der Waals surface area contributed by atoms with Crippen molar-refractivity contribution < 1.29 is 14.7 Å². The molecule has 0 aromatic heterocycles. The summed E-state index contributed by atoms with van der Waals surface area (Å²) < 4.78 is 0. The minimum atomic E-state index is -0.993. The minimum absolute atomic E-state index is 0.0463. The van der Waals surface area contributed by atoms with Crippen LogP contribution in [0.15, 0.2) is 90.5 Å². The van der Waals surface area contributed by atoms with E-state index < -0.39 is 5.97 Å². The van der Waals surface area contributed by atoms with Crippen LogP contribution >= 0.6 is 0 Å². The highest BCUT2D eigenvalue weighted by Crippen LogP contribution is 2.52. The van der Waals surface area contributed by atoms with E-state index in [1.54, 1.807) is 12.1 Å². The van der Waals surface area contributed by atoms with E-state index in [1.807, 2.05) is 18.2 Å². The molecule has 4 nitrogen and oxygen atoms in total. The third kappa shape index (κ3) is 3.75. The van der Waals surface area contributed by atoms with Crippen molar-refractivity contribution in [2.45, 2.75) is 32.1 Å². The van der Waals surface area contributed by atoms with E-state index in [1.165, 1.54) is 34.4 Å². The summed E-state index contributed by atoms with van der Waals surface area (Å²) in [4.78, 5) is 24.2. The molecule has 0 spiro atoms. The van der Waals surface area contributed by atoms with E-state index in [0.717, 1.165) is 18.4 Å². The molecule has 0 aliphatic heterocycles. The third-order valence-corrected chi connectivity index (χ3v) is 7.19. The van der Waals surface area contributed by atoms with Crippen molar-refractivity contribution in [1.29, 1.82) is 0 Å². The van der Waals surface area contributed by atoms with Gasteiger partial charge in [-0.2, -0.15) is 0 Å². The normalized spacial score (nSPS) is 18.1. The maximum atomic E-state index is 13.2. The topological polar surface area (TPSA) is 66.4 Å². The molecule has 0 fully saturated rings. The predicted molar refractivity (Wildman–Crippen MR) is 135 cm³/mol. The molecule has 2 N–H and O–H groups in total. The largest absolute Gasteiger partial charge is 0.478 e. The number of allylic oxidation sites excluding steroid dienone is 3. The summed E-state index contributed by atoms with van der Waals surface area (Å²) >= 11 is 0. The summed E-state index contributed by atoms with van der Waals surface area (Å²) in [6.07, 6.45) is 6.49. The Morgan fingerprint density at radius 3 is 2.32 bits per heavy atom. The fourth-order valence-corrected chi connectivity index (χ4v) is 5.39. The number of nitrogens with one attached hydrogen (secondary N) is 1. The molecule has 1 unspecified atom stereocenters. The van der Waals surface area contributed by atoms with Crippen molar-refractivity contribution in [3.8, 4) is 0 Å². The second-order valence-electron chi connectivity index (χ2n) is 9.55. The Hall–Kier alpha value is -3.92. The van der Waals surface area contributed by atoms with Crippen LogP contribution in [0.2, 0.25) is 0 Å². The first-order valence-electron chi connectivity index (χ1n) is 11.6. The average molecular weight is 450 g/mol. The third-order valence-electron chi connectivity index (χ3n) is 7.19. The molecule has 2 aliphatic carbocycles. The maximum Gasteiger partial charge on any atom is 0.335 e. The van der Waals surface area contributed by atoms with Gasteiger partial charge in [-0.1, -0.05) is 68.0 Å². The van der Waals surface area contributed by atoms with Gasteiger partial charge in [0.25, 0.3) is 5.91 Å². The van der Waals surface area contributed by atoms with E-state index >= 15 is 0 Å². The molecule has 0 saturated carbocycles. The number of hydrogen-bond donors (Lipinski definition) is 2. The number of rotatable bonds is 4. The zero-order valence-corrected chi connectivity index (χ0v) is 19.3. The summed E-state index contributed by atoms with van der Waals surface area (Å²) in [5, 5.41) is 12.0. The van der Waals surface area contributed by atoms with Gasteiger partial charge in [0.2, 0.25) is 0 Å². The van der Waals surface area contributed by atoms with Gasteiger partial charge in [-0.05, 0) is 82.8 Å². The highest BCUT2D eigenvalue weighted by atomic mass is 16.4. The second-order valence-corrected chi connectivity index (χ2v) is 9.55. The van der Waals surface area contributed by atoms with Gasteiger partial charge >= 0.3 is 5.97 Å². The molecule has 3 aromatic rings. The zero-order valence-electron chi connectivity index (χ0n) is 19.3. The molecule has 0 bridgehead atoms. The van der Waals surface area contributed by atoms with Crippen molar-refractivity contribution in [3.63, 3.8) is 0 Å². The lowest BCUT2D eigenvalue weighted by Gasteiger charge is -2.44. The van der Waals surface area contributed by atoms with Crippen LogP contribution in [0.1, 0.15) is 64.1 Å². The number of fused-ring (bicyclic) bond motifs is 2. The number of carboxylic acid groups (broad SMARTS) is 1. The molecule has 1 amide bonds. The Bertz CT molecular complexity index is 1330. The van der Waals surface area contributed by atoms with E-state index in [0.29, 0.717) is 17.2 Å². The predicted octanol–water partition coefficient (Wildman–Crippen LogP) is 6.70. The lowest BCUT2D eigenvalue weighted by molar-refractivity contribution is 0.0696. The first-order valence-corrected chi connectivity index (χ1v) is 11.6. The number of benzene rings is 3. The Labute approximate surface area is 199 Å².